The minimum Gasteiger partial charge on any atom is -0.466 e. The first-order chi connectivity index (χ1) is 11.5. The first kappa shape index (κ1) is 18.6. The number of carbonyl (C=O) groups is 2. The van der Waals surface area contributed by atoms with Gasteiger partial charge in [-0.05, 0) is 58.1 Å². The minimum absolute atomic E-state index is 0.0685. The van der Waals surface area contributed by atoms with Crippen molar-refractivity contribution in [2.45, 2.75) is 60.4 Å². The predicted molar refractivity (Wildman–Crippen MR) is 94.2 cm³/mol. The molecule has 0 radical (unpaired) electrons. The highest BCUT2D eigenvalue weighted by Crippen LogP contribution is 2.26. The van der Waals surface area contributed by atoms with Crippen molar-refractivity contribution in [3.63, 3.8) is 0 Å². The van der Waals surface area contributed by atoms with Gasteiger partial charge in [0.25, 0.3) is 5.91 Å². The molecule has 0 aromatic carbocycles. The second-order valence-corrected chi connectivity index (χ2v) is 6.45. The summed E-state index contributed by atoms with van der Waals surface area (Å²) < 4.78 is 7.24. The number of hydrogen-bond donors (Lipinski definition) is 0. The number of carbonyl (C=O) groups excluding carboxylic acids is 2. The quantitative estimate of drug-likeness (QED) is 0.778. The molecule has 24 heavy (non-hydrogen) atoms. The molecule has 2 heterocycles. The second kappa shape index (κ2) is 7.86. The lowest BCUT2D eigenvalue weighted by molar-refractivity contribution is -0.149. The average Bonchev–Trinajstić information content (AvgIpc) is 2.83. The number of aromatic nitrogens is 1. The molecule has 0 aliphatic carbocycles. The number of likely N-dealkylation sites (tertiary alicyclic amines) is 1. The minimum atomic E-state index is -0.123. The normalized spacial score (nSPS) is 15.6. The van der Waals surface area contributed by atoms with Crippen molar-refractivity contribution in [1.82, 2.24) is 9.47 Å². The van der Waals surface area contributed by atoms with Crippen molar-refractivity contribution >= 4 is 11.9 Å². The molecule has 2 rings (SSSR count). The lowest BCUT2D eigenvalue weighted by atomic mass is 9.96. The molecular formula is C19H30N2O3. The molecule has 134 valence electrons. The predicted octanol–water partition coefficient (Wildman–Crippen LogP) is 3.10. The Kier molecular flexibility index (Phi) is 6.08. The number of nitrogens with zero attached hydrogens (tertiary/aromatic N) is 2. The van der Waals surface area contributed by atoms with E-state index >= 15 is 0 Å². The fourth-order valence-electron chi connectivity index (χ4n) is 3.87. The van der Waals surface area contributed by atoms with Gasteiger partial charge >= 0.3 is 5.97 Å². The molecule has 1 aliphatic rings. The van der Waals surface area contributed by atoms with E-state index in [9.17, 15) is 9.59 Å². The fraction of sp³-hybridized carbons (Fsp3) is 0.684. The summed E-state index contributed by atoms with van der Waals surface area (Å²) in [5.41, 5.74) is 4.40. The number of hydrogen-bond acceptors (Lipinski definition) is 3. The van der Waals surface area contributed by atoms with E-state index in [1.165, 1.54) is 11.3 Å². The van der Waals surface area contributed by atoms with E-state index < -0.39 is 0 Å². The van der Waals surface area contributed by atoms with Gasteiger partial charge in [0.2, 0.25) is 0 Å². The molecule has 0 atom stereocenters. The van der Waals surface area contributed by atoms with Gasteiger partial charge < -0.3 is 14.2 Å². The third-order valence-electron chi connectivity index (χ3n) is 5.19. The van der Waals surface area contributed by atoms with Crippen LogP contribution in [0.25, 0.3) is 0 Å². The summed E-state index contributed by atoms with van der Waals surface area (Å²) >= 11 is 0. The summed E-state index contributed by atoms with van der Waals surface area (Å²) in [7, 11) is 0. The molecule has 1 amide bonds. The number of amides is 1. The molecule has 0 unspecified atom stereocenters. The van der Waals surface area contributed by atoms with Crippen LogP contribution in [0, 0.1) is 19.8 Å². The van der Waals surface area contributed by atoms with Crippen molar-refractivity contribution in [3.05, 3.63) is 22.5 Å². The third kappa shape index (κ3) is 3.35. The topological polar surface area (TPSA) is 51.5 Å². The Balaban J connectivity index is 2.15. The highest BCUT2D eigenvalue weighted by molar-refractivity contribution is 5.95. The van der Waals surface area contributed by atoms with Crippen molar-refractivity contribution in [2.24, 2.45) is 5.92 Å². The van der Waals surface area contributed by atoms with Crippen LogP contribution in [0.2, 0.25) is 0 Å². The van der Waals surface area contributed by atoms with E-state index in [4.69, 9.17) is 4.74 Å². The standard InChI is InChI=1S/C19H30N2O3/c1-6-16-13(4)17(21(7-2)14(16)5)18(22)20-11-9-15(10-12-20)19(23)24-8-3/h15H,6-12H2,1-5H3. The van der Waals surface area contributed by atoms with Crippen LogP contribution in [0.4, 0.5) is 0 Å². The Morgan fingerprint density at radius 3 is 2.25 bits per heavy atom. The Hall–Kier alpha value is -1.78. The SMILES string of the molecule is CCOC(=O)C1CCN(C(=O)c2c(C)c(CC)c(C)n2CC)CC1. The second-order valence-electron chi connectivity index (χ2n) is 6.45. The highest BCUT2D eigenvalue weighted by atomic mass is 16.5. The van der Waals surface area contributed by atoms with E-state index in [-0.39, 0.29) is 17.8 Å². The number of piperidine rings is 1. The highest BCUT2D eigenvalue weighted by Gasteiger charge is 2.31. The van der Waals surface area contributed by atoms with Gasteiger partial charge in [-0.25, -0.2) is 0 Å². The third-order valence-corrected chi connectivity index (χ3v) is 5.19. The van der Waals surface area contributed by atoms with E-state index in [0.717, 1.165) is 24.2 Å². The Bertz CT molecular complexity index is 611. The summed E-state index contributed by atoms with van der Waals surface area (Å²) in [6.45, 7) is 12.6. The van der Waals surface area contributed by atoms with Crippen LogP contribution in [0.5, 0.6) is 0 Å². The first-order valence-corrected chi connectivity index (χ1v) is 9.10. The number of ether oxygens (including phenoxy) is 1. The van der Waals surface area contributed by atoms with Gasteiger partial charge in [0.1, 0.15) is 5.69 Å². The first-order valence-electron chi connectivity index (χ1n) is 9.10. The molecule has 1 aromatic rings. The Morgan fingerprint density at radius 2 is 1.75 bits per heavy atom. The smallest absolute Gasteiger partial charge is 0.309 e. The van der Waals surface area contributed by atoms with Gasteiger partial charge in [0.15, 0.2) is 0 Å². The largest absolute Gasteiger partial charge is 0.466 e. The summed E-state index contributed by atoms with van der Waals surface area (Å²) in [6, 6.07) is 0. The molecule has 0 saturated carbocycles. The van der Waals surface area contributed by atoms with E-state index in [1.807, 2.05) is 11.8 Å². The maximum absolute atomic E-state index is 13.1. The van der Waals surface area contributed by atoms with Crippen molar-refractivity contribution in [2.75, 3.05) is 19.7 Å². The van der Waals surface area contributed by atoms with Crippen LogP contribution in [-0.2, 0) is 22.5 Å². The van der Waals surface area contributed by atoms with Crippen molar-refractivity contribution in [3.8, 4) is 0 Å². The monoisotopic (exact) mass is 334 g/mol. The molecule has 0 bridgehead atoms. The van der Waals surface area contributed by atoms with Gasteiger partial charge in [0, 0.05) is 25.3 Å². The summed E-state index contributed by atoms with van der Waals surface area (Å²) in [5.74, 6) is -0.0951. The molecule has 0 N–H and O–H groups in total. The lowest BCUT2D eigenvalue weighted by Crippen LogP contribution is -2.41. The molecule has 5 nitrogen and oxygen atoms in total. The maximum atomic E-state index is 13.1. The van der Waals surface area contributed by atoms with E-state index in [2.05, 4.69) is 32.3 Å². The van der Waals surface area contributed by atoms with E-state index in [1.54, 1.807) is 0 Å². The molecule has 0 spiro atoms. The summed E-state index contributed by atoms with van der Waals surface area (Å²) in [4.78, 5) is 26.8. The fourth-order valence-corrected chi connectivity index (χ4v) is 3.87. The molecule has 1 saturated heterocycles. The molecular weight excluding hydrogens is 304 g/mol. The maximum Gasteiger partial charge on any atom is 0.309 e. The molecule has 1 aromatic heterocycles. The molecule has 1 fully saturated rings. The van der Waals surface area contributed by atoms with Crippen LogP contribution >= 0.6 is 0 Å². The van der Waals surface area contributed by atoms with Gasteiger partial charge in [-0.1, -0.05) is 6.92 Å². The summed E-state index contributed by atoms with van der Waals surface area (Å²) in [5, 5.41) is 0. The van der Waals surface area contributed by atoms with E-state index in [0.29, 0.717) is 32.5 Å². The zero-order valence-corrected chi connectivity index (χ0v) is 15.6. The summed E-state index contributed by atoms with van der Waals surface area (Å²) in [6.07, 6.45) is 2.32. The Labute approximate surface area is 145 Å². The van der Waals surface area contributed by atoms with Crippen LogP contribution in [0.15, 0.2) is 0 Å². The van der Waals surface area contributed by atoms with Crippen LogP contribution < -0.4 is 0 Å². The van der Waals surface area contributed by atoms with Gasteiger partial charge in [-0.3, -0.25) is 9.59 Å². The van der Waals surface area contributed by atoms with Crippen LogP contribution in [0.3, 0.4) is 0 Å². The van der Waals surface area contributed by atoms with Crippen molar-refractivity contribution in [1.29, 1.82) is 0 Å². The lowest BCUT2D eigenvalue weighted by Gasteiger charge is -2.31. The van der Waals surface area contributed by atoms with Gasteiger partial charge in [-0.15, -0.1) is 0 Å². The average molecular weight is 334 g/mol. The van der Waals surface area contributed by atoms with Crippen LogP contribution in [-0.4, -0.2) is 41.0 Å². The molecule has 5 heteroatoms. The van der Waals surface area contributed by atoms with Gasteiger partial charge in [0.05, 0.1) is 12.5 Å². The zero-order chi connectivity index (χ0) is 17.9. The van der Waals surface area contributed by atoms with Crippen LogP contribution in [0.1, 0.15) is 60.9 Å². The zero-order valence-electron chi connectivity index (χ0n) is 15.6. The van der Waals surface area contributed by atoms with Gasteiger partial charge in [-0.2, -0.15) is 0 Å². The number of esters is 1. The molecule has 1 aliphatic heterocycles. The number of rotatable bonds is 5. The Morgan fingerprint density at radius 1 is 1.12 bits per heavy atom. The van der Waals surface area contributed by atoms with Crippen molar-refractivity contribution < 1.29 is 14.3 Å².